The number of furan rings is 1. The molecule has 5 rings (SSSR count). The minimum Gasteiger partial charge on any atom is -0.456 e. The third kappa shape index (κ3) is 3.53. The van der Waals surface area contributed by atoms with Crippen molar-refractivity contribution in [3.8, 4) is 22.4 Å². The summed E-state index contributed by atoms with van der Waals surface area (Å²) in [5.41, 5.74) is 4.86. The maximum absolute atomic E-state index is 9.32. The van der Waals surface area contributed by atoms with Crippen LogP contribution in [0.5, 0.6) is 0 Å². The Morgan fingerprint density at radius 2 is 1.69 bits per heavy atom. The van der Waals surface area contributed by atoms with Crippen LogP contribution in [-0.4, -0.2) is 0 Å². The molecule has 2 heterocycles. The molecule has 3 heteroatoms. The number of pyridine rings is 1. The minimum absolute atomic E-state index is 0.229. The van der Waals surface area contributed by atoms with E-state index in [0.29, 0.717) is 33.5 Å². The highest BCUT2D eigenvalue weighted by atomic mass is 16.3. The first-order chi connectivity index (χ1) is 19.9. The van der Waals surface area contributed by atoms with E-state index < -0.39 is 19.6 Å². The fourth-order valence-electron chi connectivity index (χ4n) is 4.67. The Morgan fingerprint density at radius 3 is 2.34 bits per heavy atom. The Hall–Kier alpha value is -3.90. The molecular weight excluding hydrogens is 428 g/mol. The second kappa shape index (κ2) is 8.40. The standard InChI is InChI=1S/C32H31N2O/c1-18(2)26-17-28(34(8)22(6)21(26)5)29-20(4)11-14-24-25-15-16-27(33-7)30(32(25)35-31(24)29)23-12-9-19(3)10-13-23/h9-18H,1-6,8H3/q+1/i1D3,5D3,17D,18D. The molecule has 0 spiro atoms. The van der Waals surface area contributed by atoms with Gasteiger partial charge in [0.05, 0.1) is 13.5 Å². The largest absolute Gasteiger partial charge is 0.456 e. The zero-order chi connectivity index (χ0) is 31.8. The molecule has 0 bridgehead atoms. The highest BCUT2D eigenvalue weighted by molar-refractivity contribution is 6.15. The van der Waals surface area contributed by atoms with E-state index in [1.54, 1.807) is 24.6 Å². The molecule has 2 aromatic heterocycles. The zero-order valence-electron chi connectivity index (χ0n) is 28.4. The number of aryl methyl sites for hydroxylation is 2. The molecule has 0 radical (unpaired) electrons. The van der Waals surface area contributed by atoms with Crippen molar-refractivity contribution in [1.82, 2.24) is 0 Å². The lowest BCUT2D eigenvalue weighted by Gasteiger charge is -2.14. The van der Waals surface area contributed by atoms with Gasteiger partial charge in [-0.1, -0.05) is 67.9 Å². The van der Waals surface area contributed by atoms with Crippen LogP contribution in [0.4, 0.5) is 5.69 Å². The first-order valence-electron chi connectivity index (χ1n) is 15.4. The van der Waals surface area contributed by atoms with Crippen molar-refractivity contribution in [1.29, 1.82) is 0 Å². The van der Waals surface area contributed by atoms with Crippen LogP contribution in [0.3, 0.4) is 0 Å². The topological polar surface area (TPSA) is 21.4 Å². The van der Waals surface area contributed by atoms with Crippen molar-refractivity contribution < 1.29 is 20.0 Å². The van der Waals surface area contributed by atoms with E-state index in [2.05, 4.69) is 4.85 Å². The molecule has 35 heavy (non-hydrogen) atoms. The van der Waals surface area contributed by atoms with E-state index >= 15 is 0 Å². The Morgan fingerprint density at radius 1 is 1.00 bits per heavy atom. The molecular formula is C32H31N2O+. The normalized spacial score (nSPS) is 17.3. The highest BCUT2D eigenvalue weighted by Gasteiger charge is 2.26. The SMILES string of the molecule is [2H]c1c(C([2H])(C)C([2H])([2H])[2H])c(C([2H])([2H])[2H])c(C)[n+](C)c1-c1c(C)ccc2c1oc1c(-c3ccc(C)cc3)c([N+]#[C-])ccc12. The third-order valence-corrected chi connectivity index (χ3v) is 6.76. The van der Waals surface area contributed by atoms with Crippen LogP contribution in [0.1, 0.15) is 58.6 Å². The van der Waals surface area contributed by atoms with Crippen LogP contribution in [0, 0.1) is 34.2 Å². The number of hydrogen-bond donors (Lipinski definition) is 0. The summed E-state index contributed by atoms with van der Waals surface area (Å²) in [5, 5.41) is 1.49. The van der Waals surface area contributed by atoms with Gasteiger partial charge in [-0.2, -0.15) is 4.57 Å². The van der Waals surface area contributed by atoms with Crippen LogP contribution in [0.25, 0.3) is 49.2 Å². The number of hydrogen-bond acceptors (Lipinski definition) is 1. The lowest BCUT2D eigenvalue weighted by atomic mass is 9.93. The molecule has 3 aromatic carbocycles. The van der Waals surface area contributed by atoms with Gasteiger partial charge >= 0.3 is 0 Å². The highest BCUT2D eigenvalue weighted by Crippen LogP contribution is 2.44. The smallest absolute Gasteiger partial charge is 0.216 e. The summed E-state index contributed by atoms with van der Waals surface area (Å²) < 4.78 is 75.4. The molecule has 0 saturated heterocycles. The van der Waals surface area contributed by atoms with Crippen molar-refractivity contribution in [2.45, 2.75) is 47.3 Å². The number of rotatable bonds is 3. The van der Waals surface area contributed by atoms with E-state index in [0.717, 1.165) is 28.8 Å². The summed E-state index contributed by atoms with van der Waals surface area (Å²) in [6.07, 6.45) is 0. The predicted octanol–water partition coefficient (Wildman–Crippen LogP) is 8.65. The van der Waals surface area contributed by atoms with Crippen molar-refractivity contribution >= 4 is 27.6 Å². The molecule has 0 amide bonds. The average Bonchev–Trinajstić information content (AvgIpc) is 3.29. The van der Waals surface area contributed by atoms with Gasteiger partial charge < -0.3 is 4.42 Å². The summed E-state index contributed by atoms with van der Waals surface area (Å²) in [6, 6.07) is 14.8. The van der Waals surface area contributed by atoms with E-state index in [9.17, 15) is 1.37 Å². The van der Waals surface area contributed by atoms with Crippen molar-refractivity contribution in [2.24, 2.45) is 7.05 Å². The van der Waals surface area contributed by atoms with Crippen molar-refractivity contribution in [3.63, 3.8) is 0 Å². The second-order valence-electron chi connectivity index (χ2n) is 9.04. The van der Waals surface area contributed by atoms with Gasteiger partial charge in [-0.3, -0.25) is 0 Å². The van der Waals surface area contributed by atoms with E-state index in [4.69, 9.17) is 20.6 Å². The molecule has 0 aliphatic rings. The molecule has 3 nitrogen and oxygen atoms in total. The van der Waals surface area contributed by atoms with Crippen molar-refractivity contribution in [3.05, 3.63) is 93.9 Å². The fourth-order valence-corrected chi connectivity index (χ4v) is 4.67. The van der Waals surface area contributed by atoms with Crippen molar-refractivity contribution in [2.75, 3.05) is 0 Å². The van der Waals surface area contributed by atoms with Gasteiger partial charge in [-0.25, -0.2) is 4.85 Å². The lowest BCUT2D eigenvalue weighted by Crippen LogP contribution is -2.36. The van der Waals surface area contributed by atoms with Gasteiger partial charge in [-0.05, 0) is 43.3 Å². The van der Waals surface area contributed by atoms with Gasteiger partial charge in [0.2, 0.25) is 5.69 Å². The quantitative estimate of drug-likeness (QED) is 0.192. The monoisotopic (exact) mass is 467 g/mol. The van der Waals surface area contributed by atoms with Gasteiger partial charge in [0.15, 0.2) is 11.4 Å². The Labute approximate surface area is 218 Å². The Kier molecular flexibility index (Phi) is 3.64. The third-order valence-electron chi connectivity index (χ3n) is 6.76. The molecule has 1 atom stereocenters. The number of benzene rings is 3. The molecule has 174 valence electrons. The first-order valence-corrected chi connectivity index (χ1v) is 11.4. The number of aromatic nitrogens is 1. The van der Waals surface area contributed by atoms with E-state index in [1.165, 1.54) is 0 Å². The lowest BCUT2D eigenvalue weighted by molar-refractivity contribution is -0.667. The van der Waals surface area contributed by atoms with Crippen LogP contribution in [0.15, 0.2) is 59.0 Å². The number of nitrogens with zero attached hydrogens (tertiary/aromatic N) is 2. The summed E-state index contributed by atoms with van der Waals surface area (Å²) >= 11 is 0. The van der Waals surface area contributed by atoms with Gasteiger partial charge in [0, 0.05) is 44.5 Å². The minimum atomic E-state index is -2.91. The van der Waals surface area contributed by atoms with Crippen LogP contribution in [0.2, 0.25) is 0 Å². The molecule has 0 aliphatic carbocycles. The van der Waals surface area contributed by atoms with Gasteiger partial charge in [-0.15, -0.1) is 0 Å². The molecule has 0 N–H and O–H groups in total. The molecule has 5 aromatic rings. The second-order valence-corrected chi connectivity index (χ2v) is 9.04. The van der Waals surface area contributed by atoms with Crippen LogP contribution < -0.4 is 4.57 Å². The van der Waals surface area contributed by atoms with Gasteiger partial charge in [0.25, 0.3) is 0 Å². The maximum Gasteiger partial charge on any atom is 0.216 e. The first kappa shape index (κ1) is 15.2. The van der Waals surface area contributed by atoms with Gasteiger partial charge in [0.1, 0.15) is 18.2 Å². The Bertz CT molecular complexity index is 1980. The average molecular weight is 468 g/mol. The van der Waals surface area contributed by atoms with Crippen LogP contribution in [-0.2, 0) is 7.05 Å². The summed E-state index contributed by atoms with van der Waals surface area (Å²) in [5.74, 6) is -2.39. The summed E-state index contributed by atoms with van der Waals surface area (Å²) in [4.78, 5) is 3.75. The summed E-state index contributed by atoms with van der Waals surface area (Å²) in [6.45, 7) is 8.67. The zero-order valence-corrected chi connectivity index (χ0v) is 20.4. The fraction of sp³-hybridized carbons (Fsp3) is 0.250. The Balaban J connectivity index is 1.97. The van der Waals surface area contributed by atoms with Crippen LogP contribution >= 0.6 is 0 Å². The molecule has 0 aliphatic heterocycles. The summed E-state index contributed by atoms with van der Waals surface area (Å²) in [7, 11) is 1.63. The maximum atomic E-state index is 9.32. The molecule has 1 unspecified atom stereocenters. The number of fused-ring (bicyclic) bond motifs is 3. The van der Waals surface area contributed by atoms with E-state index in [-0.39, 0.29) is 28.6 Å². The molecule has 0 saturated carbocycles. The molecule has 0 fully saturated rings. The predicted molar refractivity (Wildman–Crippen MR) is 145 cm³/mol. The van der Waals surface area contributed by atoms with E-state index in [1.807, 2.05) is 56.3 Å².